The third-order valence-corrected chi connectivity index (χ3v) is 7.26. The average molecular weight is 548 g/mol. The second kappa shape index (κ2) is 10.8. The smallest absolute Gasteiger partial charge is 0.169 e. The van der Waals surface area contributed by atoms with E-state index in [4.69, 9.17) is 30.6 Å². The van der Waals surface area contributed by atoms with Crippen molar-refractivity contribution in [2.75, 3.05) is 18.1 Å². The topological polar surface area (TPSA) is 116 Å². The number of nitrogens with two attached hydrogens (primary N) is 2. The molecule has 0 saturated heterocycles. The largest absolute Gasteiger partial charge is 0.491 e. The van der Waals surface area contributed by atoms with Gasteiger partial charge in [-0.2, -0.15) is 0 Å². The van der Waals surface area contributed by atoms with Gasteiger partial charge in [-0.05, 0) is 66.3 Å². The van der Waals surface area contributed by atoms with E-state index >= 15 is 4.39 Å². The number of nitrogens with one attached hydrogen (secondary N) is 1. The highest BCUT2D eigenvalue weighted by Crippen LogP contribution is 2.39. The summed E-state index contributed by atoms with van der Waals surface area (Å²) in [5, 5.41) is 1.58. The van der Waals surface area contributed by atoms with Crippen LogP contribution in [0.4, 0.5) is 15.9 Å². The predicted octanol–water partition coefficient (Wildman–Crippen LogP) is 7.33. The number of nitrogen functional groups attached to an aromatic ring is 2. The molecule has 0 aliphatic carbocycles. The zero-order chi connectivity index (χ0) is 28.5. The molecule has 0 bridgehead atoms. The van der Waals surface area contributed by atoms with Crippen LogP contribution in [0.3, 0.4) is 0 Å². The minimum absolute atomic E-state index is 0.196. The molecule has 6 rings (SSSR count). The molecule has 3 aromatic heterocycles. The number of benzene rings is 3. The van der Waals surface area contributed by atoms with Crippen LogP contribution < -0.4 is 16.2 Å². The van der Waals surface area contributed by atoms with Gasteiger partial charge in [-0.15, -0.1) is 0 Å². The zero-order valence-corrected chi connectivity index (χ0v) is 22.8. The van der Waals surface area contributed by atoms with Crippen molar-refractivity contribution in [3.8, 4) is 28.1 Å². The number of furan rings is 1. The first-order chi connectivity index (χ1) is 20.0. The summed E-state index contributed by atoms with van der Waals surface area (Å²) in [5.74, 6) is -0.118. The van der Waals surface area contributed by atoms with Crippen LogP contribution in [-0.4, -0.2) is 21.6 Å². The number of rotatable bonds is 8. The molecule has 0 fully saturated rings. The normalized spacial score (nSPS) is 12.1. The first-order valence-corrected chi connectivity index (χ1v) is 13.5. The summed E-state index contributed by atoms with van der Waals surface area (Å²) < 4.78 is 27.2. The van der Waals surface area contributed by atoms with Crippen molar-refractivity contribution >= 4 is 22.3 Å². The SMILES string of the molecule is CCOc1cc(CC)cc(C(c2cc3cc(N)ccc3c(N)n2)c2ncc(-c3ccccc3-c3ccoc3)[nH]2)c1F. The highest BCUT2D eigenvalue weighted by atomic mass is 19.1. The van der Waals surface area contributed by atoms with Crippen LogP contribution in [0.5, 0.6) is 5.75 Å². The molecule has 41 heavy (non-hydrogen) atoms. The number of hydrogen-bond acceptors (Lipinski definition) is 6. The number of halogens is 1. The van der Waals surface area contributed by atoms with E-state index in [1.54, 1.807) is 30.9 Å². The van der Waals surface area contributed by atoms with Gasteiger partial charge in [0.15, 0.2) is 11.6 Å². The molecule has 8 heteroatoms. The van der Waals surface area contributed by atoms with E-state index in [1.807, 2.05) is 68.4 Å². The second-order valence-corrected chi connectivity index (χ2v) is 9.87. The highest BCUT2D eigenvalue weighted by Gasteiger charge is 2.28. The third kappa shape index (κ3) is 4.89. The minimum Gasteiger partial charge on any atom is -0.491 e. The molecule has 5 N–H and O–H groups in total. The van der Waals surface area contributed by atoms with E-state index in [0.717, 1.165) is 38.7 Å². The quantitative estimate of drug-likeness (QED) is 0.172. The maximum absolute atomic E-state index is 16.2. The number of ether oxygens (including phenoxy) is 1. The Morgan fingerprint density at radius 2 is 1.83 bits per heavy atom. The Morgan fingerprint density at radius 1 is 1.00 bits per heavy atom. The van der Waals surface area contributed by atoms with Crippen molar-refractivity contribution in [3.05, 3.63) is 114 Å². The van der Waals surface area contributed by atoms with Crippen molar-refractivity contribution in [2.24, 2.45) is 0 Å². The van der Waals surface area contributed by atoms with E-state index in [0.29, 0.717) is 41.6 Å². The summed E-state index contributed by atoms with van der Waals surface area (Å²) in [5.41, 5.74) is 18.6. The van der Waals surface area contributed by atoms with Crippen LogP contribution >= 0.6 is 0 Å². The lowest BCUT2D eigenvalue weighted by Crippen LogP contribution is -2.12. The molecule has 0 saturated carbocycles. The summed E-state index contributed by atoms with van der Waals surface area (Å²) in [6.07, 6.45) is 5.80. The number of aryl methyl sites for hydroxylation is 1. The summed E-state index contributed by atoms with van der Waals surface area (Å²) in [7, 11) is 0. The summed E-state index contributed by atoms with van der Waals surface area (Å²) in [4.78, 5) is 13.0. The number of hydrogen-bond donors (Lipinski definition) is 3. The van der Waals surface area contributed by atoms with Gasteiger partial charge in [-0.1, -0.05) is 37.3 Å². The Hall–Kier alpha value is -5.11. The van der Waals surface area contributed by atoms with Crippen LogP contribution in [0, 0.1) is 5.82 Å². The molecule has 6 aromatic rings. The summed E-state index contributed by atoms with van der Waals surface area (Å²) in [6, 6.07) is 20.8. The van der Waals surface area contributed by atoms with Crippen molar-refractivity contribution in [1.29, 1.82) is 0 Å². The zero-order valence-electron chi connectivity index (χ0n) is 22.8. The van der Waals surface area contributed by atoms with E-state index in [-0.39, 0.29) is 5.75 Å². The first kappa shape index (κ1) is 26.1. The van der Waals surface area contributed by atoms with Gasteiger partial charge in [0, 0.05) is 27.8 Å². The Balaban J connectivity index is 1.57. The van der Waals surface area contributed by atoms with Gasteiger partial charge in [0.1, 0.15) is 11.6 Å². The van der Waals surface area contributed by atoms with Crippen molar-refractivity contribution in [3.63, 3.8) is 0 Å². The van der Waals surface area contributed by atoms with E-state index in [9.17, 15) is 0 Å². The number of aromatic nitrogens is 3. The highest BCUT2D eigenvalue weighted by molar-refractivity contribution is 5.93. The minimum atomic E-state index is -0.705. The molecular weight excluding hydrogens is 517 g/mol. The van der Waals surface area contributed by atoms with Crippen LogP contribution in [0.2, 0.25) is 0 Å². The monoisotopic (exact) mass is 547 g/mol. The number of imidazole rings is 1. The maximum Gasteiger partial charge on any atom is 0.169 e. The Bertz CT molecular complexity index is 1840. The number of aromatic amines is 1. The number of fused-ring (bicyclic) bond motifs is 1. The fourth-order valence-electron chi connectivity index (χ4n) is 5.28. The van der Waals surface area contributed by atoms with Gasteiger partial charge in [0.2, 0.25) is 0 Å². The lowest BCUT2D eigenvalue weighted by atomic mass is 9.90. The average Bonchev–Trinajstić information content (AvgIpc) is 3.68. The maximum atomic E-state index is 16.2. The number of H-pyrrole nitrogens is 1. The molecule has 3 aromatic carbocycles. The number of pyridine rings is 1. The molecule has 3 heterocycles. The van der Waals surface area contributed by atoms with Crippen LogP contribution in [-0.2, 0) is 6.42 Å². The Labute approximate surface area is 237 Å². The van der Waals surface area contributed by atoms with Gasteiger partial charge < -0.3 is 25.6 Å². The first-order valence-electron chi connectivity index (χ1n) is 13.5. The van der Waals surface area contributed by atoms with E-state index < -0.39 is 11.7 Å². The molecular formula is C33H30FN5O2. The number of nitrogens with zero attached hydrogens (tertiary/aromatic N) is 2. The lowest BCUT2D eigenvalue weighted by Gasteiger charge is -2.20. The number of anilines is 2. The van der Waals surface area contributed by atoms with E-state index in [1.165, 1.54) is 0 Å². The van der Waals surface area contributed by atoms with Crippen molar-refractivity contribution < 1.29 is 13.5 Å². The molecule has 206 valence electrons. The summed E-state index contributed by atoms with van der Waals surface area (Å²) in [6.45, 7) is 4.19. The fourth-order valence-corrected chi connectivity index (χ4v) is 5.28. The van der Waals surface area contributed by atoms with Gasteiger partial charge in [0.05, 0.1) is 42.6 Å². The molecule has 0 aliphatic rings. The second-order valence-electron chi connectivity index (χ2n) is 9.87. The van der Waals surface area contributed by atoms with Crippen LogP contribution in [0.1, 0.15) is 42.4 Å². The molecule has 0 amide bonds. The molecule has 0 radical (unpaired) electrons. The van der Waals surface area contributed by atoms with Crippen molar-refractivity contribution in [1.82, 2.24) is 15.0 Å². The van der Waals surface area contributed by atoms with Gasteiger partial charge >= 0.3 is 0 Å². The summed E-state index contributed by atoms with van der Waals surface area (Å²) >= 11 is 0. The van der Waals surface area contributed by atoms with E-state index in [2.05, 4.69) is 4.98 Å². The van der Waals surface area contributed by atoms with Gasteiger partial charge in [0.25, 0.3) is 0 Å². The molecule has 7 nitrogen and oxygen atoms in total. The van der Waals surface area contributed by atoms with Crippen molar-refractivity contribution in [2.45, 2.75) is 26.2 Å². The van der Waals surface area contributed by atoms with Gasteiger partial charge in [-0.25, -0.2) is 14.4 Å². The Morgan fingerprint density at radius 3 is 2.59 bits per heavy atom. The fraction of sp³-hybridized carbons (Fsp3) is 0.152. The Kier molecular flexibility index (Phi) is 6.89. The molecule has 1 unspecified atom stereocenters. The molecule has 1 atom stereocenters. The molecule has 0 spiro atoms. The van der Waals surface area contributed by atoms with Crippen LogP contribution in [0.15, 0.2) is 89.9 Å². The lowest BCUT2D eigenvalue weighted by molar-refractivity contribution is 0.319. The third-order valence-electron chi connectivity index (χ3n) is 7.26. The van der Waals surface area contributed by atoms with Gasteiger partial charge in [-0.3, -0.25) is 0 Å². The molecule has 0 aliphatic heterocycles. The standard InChI is InChI=1S/C33H30FN5O2/c1-3-19-13-26(31(34)29(14-19)41-4-2)30(27-16-21-15-22(35)9-10-24(21)32(36)38-27)33-37-17-28(39-33)25-8-6-5-7-23(25)20-11-12-40-18-20/h5-18,30H,3-4,35H2,1-2H3,(H2,36,38)(H,37,39). The predicted molar refractivity (Wildman–Crippen MR) is 160 cm³/mol. The van der Waals surface area contributed by atoms with Crippen LogP contribution in [0.25, 0.3) is 33.2 Å².